The molecule has 4 nitrogen and oxygen atoms in total. The average Bonchev–Trinajstić information content (AvgIpc) is 2.83. The Morgan fingerprint density at radius 1 is 0.818 bits per heavy atom. The van der Waals surface area contributed by atoms with Crippen molar-refractivity contribution in [1.82, 2.24) is 0 Å². The highest BCUT2D eigenvalue weighted by molar-refractivity contribution is 5.84. The van der Waals surface area contributed by atoms with Crippen LogP contribution in [0.5, 0.6) is 11.5 Å². The quantitative estimate of drug-likeness (QED) is 0.257. The summed E-state index contributed by atoms with van der Waals surface area (Å²) in [7, 11) is 1.41. The van der Waals surface area contributed by atoms with Crippen molar-refractivity contribution in [1.29, 1.82) is 0 Å². The highest BCUT2D eigenvalue weighted by Gasteiger charge is 2.41. The van der Waals surface area contributed by atoms with Crippen LogP contribution in [0.1, 0.15) is 11.3 Å². The summed E-state index contributed by atoms with van der Waals surface area (Å²) in [6.07, 6.45) is -4.81. The Kier molecular flexibility index (Phi) is 6.22. The third-order valence-corrected chi connectivity index (χ3v) is 5.14. The molecule has 4 rings (SSSR count). The van der Waals surface area contributed by atoms with E-state index in [-0.39, 0.29) is 34.1 Å². The first-order chi connectivity index (χ1) is 15.9. The first-order valence-electron chi connectivity index (χ1n) is 10.1. The van der Waals surface area contributed by atoms with E-state index in [9.17, 15) is 18.4 Å². The number of alkyl halides is 3. The molecule has 0 amide bonds. The molecule has 1 aromatic heterocycles. The van der Waals surface area contributed by atoms with E-state index in [4.69, 9.17) is 9.47 Å². The second kappa shape index (κ2) is 9.24. The van der Waals surface area contributed by atoms with Gasteiger partial charge in [-0.15, -0.1) is 0 Å². The van der Waals surface area contributed by atoms with Crippen LogP contribution in [-0.2, 0) is 12.8 Å². The molecule has 0 N–H and O–H groups in total. The number of hydrogen-bond acceptors (Lipinski definition) is 3. The maximum absolute atomic E-state index is 13.5. The van der Waals surface area contributed by atoms with Crippen molar-refractivity contribution in [3.05, 3.63) is 107 Å². The van der Waals surface area contributed by atoms with Crippen LogP contribution < -0.4 is 14.2 Å². The second-order valence-corrected chi connectivity index (χ2v) is 7.25. The summed E-state index contributed by atoms with van der Waals surface area (Å²) < 4.78 is 51.9. The van der Waals surface area contributed by atoms with Crippen LogP contribution in [0.2, 0.25) is 0 Å². The van der Waals surface area contributed by atoms with E-state index < -0.39 is 11.9 Å². The zero-order chi connectivity index (χ0) is 23.4. The highest BCUT2D eigenvalue weighted by atomic mass is 19.4. The molecule has 0 aliphatic carbocycles. The SMILES string of the molecule is COc1c(-c2ccccc2)ccc(OCc2ccccc2)c1-c1cccc(C(F)(F)F)[n+]1[O-]. The van der Waals surface area contributed by atoms with Crippen molar-refractivity contribution in [3.8, 4) is 33.9 Å². The van der Waals surface area contributed by atoms with Crippen LogP contribution in [0, 0.1) is 5.21 Å². The van der Waals surface area contributed by atoms with E-state index in [0.717, 1.165) is 17.2 Å². The first-order valence-corrected chi connectivity index (χ1v) is 10.1. The average molecular weight is 451 g/mol. The number of pyridine rings is 1. The van der Waals surface area contributed by atoms with Crippen molar-refractivity contribution in [2.75, 3.05) is 7.11 Å². The Bertz CT molecular complexity index is 1240. The molecule has 4 aromatic rings. The number of rotatable bonds is 6. The molecule has 0 atom stereocenters. The van der Waals surface area contributed by atoms with E-state index in [1.165, 1.54) is 19.2 Å². The van der Waals surface area contributed by atoms with Gasteiger partial charge in [0.05, 0.1) is 7.11 Å². The lowest BCUT2D eigenvalue weighted by atomic mass is 9.98. The summed E-state index contributed by atoms with van der Waals surface area (Å²) in [6.45, 7) is 0.166. The molecular weight excluding hydrogens is 431 g/mol. The van der Waals surface area contributed by atoms with Gasteiger partial charge in [-0.2, -0.15) is 17.9 Å². The van der Waals surface area contributed by atoms with Gasteiger partial charge in [0, 0.05) is 17.7 Å². The Labute approximate surface area is 189 Å². The van der Waals surface area contributed by atoms with Gasteiger partial charge in [-0.3, -0.25) is 0 Å². The van der Waals surface area contributed by atoms with Gasteiger partial charge in [0.1, 0.15) is 23.7 Å². The first kappa shape index (κ1) is 22.2. The van der Waals surface area contributed by atoms with Gasteiger partial charge in [0.15, 0.2) is 0 Å². The number of nitrogens with zero attached hydrogens (tertiary/aromatic N) is 1. The predicted octanol–water partition coefficient (Wildman–Crippen LogP) is 6.26. The monoisotopic (exact) mass is 451 g/mol. The summed E-state index contributed by atoms with van der Waals surface area (Å²) in [5, 5.41) is 12.8. The molecule has 33 heavy (non-hydrogen) atoms. The van der Waals surface area contributed by atoms with E-state index in [0.29, 0.717) is 5.56 Å². The van der Waals surface area contributed by atoms with E-state index in [1.807, 2.05) is 60.7 Å². The van der Waals surface area contributed by atoms with Crippen molar-refractivity contribution >= 4 is 0 Å². The molecule has 0 unspecified atom stereocenters. The zero-order valence-corrected chi connectivity index (χ0v) is 17.7. The molecule has 1 heterocycles. The van der Waals surface area contributed by atoms with Gasteiger partial charge < -0.3 is 14.7 Å². The van der Waals surface area contributed by atoms with Crippen molar-refractivity contribution in [2.24, 2.45) is 0 Å². The molecule has 0 fully saturated rings. The van der Waals surface area contributed by atoms with Crippen LogP contribution in [-0.4, -0.2) is 7.11 Å². The number of halogens is 3. The van der Waals surface area contributed by atoms with Crippen molar-refractivity contribution < 1.29 is 27.4 Å². The van der Waals surface area contributed by atoms with Crippen LogP contribution in [0.4, 0.5) is 13.2 Å². The Morgan fingerprint density at radius 2 is 1.48 bits per heavy atom. The fourth-order valence-corrected chi connectivity index (χ4v) is 3.61. The molecule has 0 radical (unpaired) electrons. The highest BCUT2D eigenvalue weighted by Crippen LogP contribution is 2.44. The van der Waals surface area contributed by atoms with E-state index in [1.54, 1.807) is 12.1 Å². The minimum absolute atomic E-state index is 0.123. The van der Waals surface area contributed by atoms with Crippen LogP contribution in [0.25, 0.3) is 22.4 Å². The van der Waals surface area contributed by atoms with E-state index in [2.05, 4.69) is 0 Å². The molecule has 0 aliphatic heterocycles. The number of benzene rings is 3. The number of ether oxygens (including phenoxy) is 2. The third-order valence-electron chi connectivity index (χ3n) is 5.14. The molecule has 0 saturated carbocycles. The molecule has 168 valence electrons. The lowest BCUT2D eigenvalue weighted by Gasteiger charge is -2.19. The van der Waals surface area contributed by atoms with Crippen molar-refractivity contribution in [2.45, 2.75) is 12.8 Å². The van der Waals surface area contributed by atoms with Crippen LogP contribution in [0.3, 0.4) is 0 Å². The second-order valence-electron chi connectivity index (χ2n) is 7.25. The largest absolute Gasteiger partial charge is 0.618 e. The van der Waals surface area contributed by atoms with Crippen LogP contribution >= 0.6 is 0 Å². The summed E-state index contributed by atoms with van der Waals surface area (Å²) >= 11 is 0. The van der Waals surface area contributed by atoms with Gasteiger partial charge in [0.25, 0.3) is 5.69 Å². The topological polar surface area (TPSA) is 45.4 Å². The standard InChI is InChI=1S/C26H20F3NO3/c1-32-25-20(19-11-6-3-7-12-19)15-16-22(33-17-18-9-4-2-5-10-18)24(25)21-13-8-14-23(30(21)31)26(27,28)29/h2-16H,17H2,1H3. The molecule has 0 saturated heterocycles. The van der Waals surface area contributed by atoms with Gasteiger partial charge in [-0.1, -0.05) is 60.7 Å². The Balaban J connectivity index is 1.92. The number of methoxy groups -OCH3 is 1. The maximum atomic E-state index is 13.5. The summed E-state index contributed by atoms with van der Waals surface area (Å²) in [5.74, 6) is 0.481. The van der Waals surface area contributed by atoms with Gasteiger partial charge in [0.2, 0.25) is 5.69 Å². The van der Waals surface area contributed by atoms with E-state index >= 15 is 0 Å². The summed E-state index contributed by atoms with van der Waals surface area (Å²) in [5.41, 5.74) is 0.889. The fourth-order valence-electron chi connectivity index (χ4n) is 3.61. The Hall–Kier alpha value is -4.00. The number of hydrogen-bond donors (Lipinski definition) is 0. The molecule has 0 bridgehead atoms. The molecule has 3 aromatic carbocycles. The van der Waals surface area contributed by atoms with Crippen molar-refractivity contribution in [3.63, 3.8) is 0 Å². The van der Waals surface area contributed by atoms with Crippen LogP contribution in [0.15, 0.2) is 91.0 Å². The maximum Gasteiger partial charge on any atom is 0.478 e. The molecule has 0 spiro atoms. The smallest absolute Gasteiger partial charge is 0.478 e. The normalized spacial score (nSPS) is 11.3. The summed E-state index contributed by atoms with van der Waals surface area (Å²) in [6, 6.07) is 25.2. The lowest BCUT2D eigenvalue weighted by molar-refractivity contribution is -0.618. The predicted molar refractivity (Wildman–Crippen MR) is 119 cm³/mol. The minimum atomic E-state index is -4.81. The van der Waals surface area contributed by atoms with Gasteiger partial charge in [-0.25, -0.2) is 0 Å². The fraction of sp³-hybridized carbons (Fsp3) is 0.115. The molecule has 7 heteroatoms. The molecular formula is C26H20F3NO3. The van der Waals surface area contributed by atoms with Gasteiger partial charge in [-0.05, 0) is 29.3 Å². The minimum Gasteiger partial charge on any atom is -0.618 e. The summed E-state index contributed by atoms with van der Waals surface area (Å²) in [4.78, 5) is 0. The molecule has 0 aliphatic rings. The third kappa shape index (κ3) is 4.62. The Morgan fingerprint density at radius 3 is 2.12 bits per heavy atom. The lowest BCUT2D eigenvalue weighted by Crippen LogP contribution is -2.38. The number of aromatic nitrogens is 1. The van der Waals surface area contributed by atoms with Gasteiger partial charge >= 0.3 is 6.18 Å². The zero-order valence-electron chi connectivity index (χ0n) is 17.7.